The lowest BCUT2D eigenvalue weighted by atomic mass is 9.96. The Hall–Kier alpha value is -2.42. The molecule has 2 aliphatic heterocycles. The van der Waals surface area contributed by atoms with E-state index in [4.69, 9.17) is 4.74 Å². The molecule has 2 aromatic rings. The van der Waals surface area contributed by atoms with Crippen molar-refractivity contribution in [1.82, 2.24) is 14.1 Å². The maximum absolute atomic E-state index is 13.1. The van der Waals surface area contributed by atoms with Crippen molar-refractivity contribution in [3.63, 3.8) is 0 Å². The van der Waals surface area contributed by atoms with E-state index in [9.17, 15) is 13.2 Å². The Balaban J connectivity index is 1.22. The van der Waals surface area contributed by atoms with Gasteiger partial charge in [0.05, 0.1) is 4.90 Å². The molecule has 4 rings (SSSR count). The second-order valence-electron chi connectivity index (χ2n) is 9.28. The molecule has 0 radical (unpaired) electrons. The van der Waals surface area contributed by atoms with Gasteiger partial charge in [-0.1, -0.05) is 35.9 Å². The van der Waals surface area contributed by atoms with Gasteiger partial charge in [0.1, 0.15) is 12.4 Å². The first-order chi connectivity index (χ1) is 16.3. The predicted molar refractivity (Wildman–Crippen MR) is 132 cm³/mol. The van der Waals surface area contributed by atoms with E-state index in [1.807, 2.05) is 61.2 Å². The zero-order valence-electron chi connectivity index (χ0n) is 20.2. The molecule has 0 unspecified atom stereocenters. The van der Waals surface area contributed by atoms with Gasteiger partial charge in [-0.25, -0.2) is 8.42 Å². The van der Waals surface area contributed by atoms with Crippen LogP contribution in [0, 0.1) is 19.8 Å². The smallest absolute Gasteiger partial charge is 0.243 e. The Morgan fingerprint density at radius 3 is 2.26 bits per heavy atom. The molecule has 184 valence electrons. The van der Waals surface area contributed by atoms with Crippen LogP contribution in [0.25, 0.3) is 0 Å². The zero-order chi connectivity index (χ0) is 24.1. The fourth-order valence-corrected chi connectivity index (χ4v) is 6.51. The van der Waals surface area contributed by atoms with Crippen LogP contribution in [0.5, 0.6) is 5.75 Å². The van der Waals surface area contributed by atoms with E-state index in [-0.39, 0.29) is 11.8 Å². The van der Waals surface area contributed by atoms with Gasteiger partial charge in [-0.3, -0.25) is 9.69 Å². The summed E-state index contributed by atoms with van der Waals surface area (Å²) in [5.41, 5.74) is 1.81. The average molecular weight is 486 g/mol. The summed E-state index contributed by atoms with van der Waals surface area (Å²) in [5, 5.41) is 0. The molecule has 2 heterocycles. The summed E-state index contributed by atoms with van der Waals surface area (Å²) in [6.07, 6.45) is 1.15. The van der Waals surface area contributed by atoms with E-state index in [1.54, 1.807) is 10.4 Å². The molecule has 0 saturated carbocycles. The van der Waals surface area contributed by atoms with E-state index in [0.717, 1.165) is 36.5 Å². The van der Waals surface area contributed by atoms with Crippen LogP contribution in [0.4, 0.5) is 0 Å². The standard InChI is InChI=1S/C26H35N3O4S/c1-21-8-9-25(22(2)20-21)34(31,32)29-12-10-23(11-13-29)26(30)28-16-14-27(15-17-28)18-19-33-24-6-4-3-5-7-24/h3-9,20,23H,10-19H2,1-2H3. The maximum atomic E-state index is 13.1. The Kier molecular flexibility index (Phi) is 7.91. The van der Waals surface area contributed by atoms with Crippen LogP contribution in [0.2, 0.25) is 0 Å². The number of amides is 1. The number of carbonyl (C=O) groups is 1. The third-order valence-electron chi connectivity index (χ3n) is 6.85. The van der Waals surface area contributed by atoms with Crippen LogP contribution in [0.15, 0.2) is 53.4 Å². The van der Waals surface area contributed by atoms with Gasteiger partial charge >= 0.3 is 0 Å². The molecule has 2 aromatic carbocycles. The molecule has 0 aliphatic carbocycles. The van der Waals surface area contributed by atoms with Gasteiger partial charge in [0, 0.05) is 51.7 Å². The van der Waals surface area contributed by atoms with Gasteiger partial charge in [0.2, 0.25) is 15.9 Å². The Labute approximate surface area is 203 Å². The first kappa shape index (κ1) is 24.7. The van der Waals surface area contributed by atoms with Crippen LogP contribution in [-0.4, -0.2) is 80.9 Å². The molecule has 8 heteroatoms. The van der Waals surface area contributed by atoms with Crippen molar-refractivity contribution in [2.75, 3.05) is 52.4 Å². The highest BCUT2D eigenvalue weighted by atomic mass is 32.2. The fraction of sp³-hybridized carbons (Fsp3) is 0.500. The summed E-state index contributed by atoms with van der Waals surface area (Å²) < 4.78 is 33.6. The molecular weight excluding hydrogens is 450 g/mol. The molecule has 0 atom stereocenters. The van der Waals surface area contributed by atoms with Crippen molar-refractivity contribution < 1.29 is 17.9 Å². The summed E-state index contributed by atoms with van der Waals surface area (Å²) in [5.74, 6) is 0.949. The van der Waals surface area contributed by atoms with Crippen LogP contribution in [0.3, 0.4) is 0 Å². The van der Waals surface area contributed by atoms with E-state index >= 15 is 0 Å². The number of piperazine rings is 1. The largest absolute Gasteiger partial charge is 0.492 e. The van der Waals surface area contributed by atoms with Crippen LogP contribution >= 0.6 is 0 Å². The molecule has 0 bridgehead atoms. The number of carbonyl (C=O) groups excluding carboxylic acids is 1. The summed E-state index contributed by atoms with van der Waals surface area (Å²) in [7, 11) is -3.53. The van der Waals surface area contributed by atoms with Crippen LogP contribution in [-0.2, 0) is 14.8 Å². The number of para-hydroxylation sites is 1. The van der Waals surface area contributed by atoms with Gasteiger partial charge in [-0.15, -0.1) is 0 Å². The summed E-state index contributed by atoms with van der Waals surface area (Å²) in [4.78, 5) is 17.7. The molecule has 2 fully saturated rings. The van der Waals surface area contributed by atoms with Gasteiger partial charge < -0.3 is 9.64 Å². The van der Waals surface area contributed by atoms with Gasteiger partial charge in [-0.2, -0.15) is 4.31 Å². The molecule has 1 amide bonds. The first-order valence-electron chi connectivity index (χ1n) is 12.1. The maximum Gasteiger partial charge on any atom is 0.243 e. The second-order valence-corrected chi connectivity index (χ2v) is 11.2. The zero-order valence-corrected chi connectivity index (χ0v) is 21.0. The number of hydrogen-bond donors (Lipinski definition) is 0. The number of aryl methyl sites for hydroxylation is 2. The highest BCUT2D eigenvalue weighted by Gasteiger charge is 2.35. The Morgan fingerprint density at radius 1 is 0.941 bits per heavy atom. The van der Waals surface area contributed by atoms with E-state index in [1.165, 1.54) is 0 Å². The minimum atomic E-state index is -3.53. The van der Waals surface area contributed by atoms with Crippen molar-refractivity contribution in [1.29, 1.82) is 0 Å². The topological polar surface area (TPSA) is 70.2 Å². The fourth-order valence-electron chi connectivity index (χ4n) is 4.83. The number of ether oxygens (including phenoxy) is 1. The van der Waals surface area contributed by atoms with Gasteiger partial charge in [0.25, 0.3) is 0 Å². The molecule has 2 aliphatic rings. The monoisotopic (exact) mass is 485 g/mol. The van der Waals surface area contributed by atoms with Crippen molar-refractivity contribution in [2.45, 2.75) is 31.6 Å². The highest BCUT2D eigenvalue weighted by molar-refractivity contribution is 7.89. The lowest BCUT2D eigenvalue weighted by Crippen LogP contribution is -2.52. The lowest BCUT2D eigenvalue weighted by Gasteiger charge is -2.38. The van der Waals surface area contributed by atoms with E-state index in [2.05, 4.69) is 4.90 Å². The SMILES string of the molecule is Cc1ccc(S(=O)(=O)N2CCC(C(=O)N3CCN(CCOc4ccccc4)CC3)CC2)c(C)c1. The molecular formula is C26H35N3O4S. The third-order valence-corrected chi connectivity index (χ3v) is 8.91. The molecule has 0 N–H and O–H groups in total. The first-order valence-corrected chi connectivity index (χ1v) is 13.5. The van der Waals surface area contributed by atoms with Crippen molar-refractivity contribution in [3.8, 4) is 5.75 Å². The molecule has 7 nitrogen and oxygen atoms in total. The quantitative estimate of drug-likeness (QED) is 0.603. The Morgan fingerprint density at radius 2 is 1.62 bits per heavy atom. The normalized spacial score (nSPS) is 18.7. The summed E-state index contributed by atoms with van der Waals surface area (Å²) in [6.45, 7) is 9.15. The number of nitrogens with zero attached hydrogens (tertiary/aromatic N) is 3. The Bertz CT molecular complexity index is 1070. The predicted octanol–water partition coefficient (Wildman–Crippen LogP) is 2.93. The summed E-state index contributed by atoms with van der Waals surface area (Å²) in [6, 6.07) is 15.2. The second kappa shape index (κ2) is 10.9. The summed E-state index contributed by atoms with van der Waals surface area (Å²) >= 11 is 0. The minimum Gasteiger partial charge on any atom is -0.492 e. The number of hydrogen-bond acceptors (Lipinski definition) is 5. The third kappa shape index (κ3) is 5.79. The lowest BCUT2D eigenvalue weighted by molar-refractivity contribution is -0.138. The van der Waals surface area contributed by atoms with Gasteiger partial charge in [-0.05, 0) is 50.5 Å². The molecule has 0 spiro atoms. The van der Waals surface area contributed by atoms with Crippen molar-refractivity contribution in [2.24, 2.45) is 5.92 Å². The van der Waals surface area contributed by atoms with Crippen LogP contribution < -0.4 is 4.74 Å². The van der Waals surface area contributed by atoms with Gasteiger partial charge in [0.15, 0.2) is 0 Å². The van der Waals surface area contributed by atoms with Crippen LogP contribution in [0.1, 0.15) is 24.0 Å². The number of rotatable bonds is 7. The molecule has 34 heavy (non-hydrogen) atoms. The molecule has 2 saturated heterocycles. The average Bonchev–Trinajstić information content (AvgIpc) is 2.84. The highest BCUT2D eigenvalue weighted by Crippen LogP contribution is 2.27. The molecule has 0 aromatic heterocycles. The van der Waals surface area contributed by atoms with E-state index < -0.39 is 10.0 Å². The number of benzene rings is 2. The van der Waals surface area contributed by atoms with Crippen molar-refractivity contribution in [3.05, 3.63) is 59.7 Å². The van der Waals surface area contributed by atoms with E-state index in [0.29, 0.717) is 50.5 Å². The number of piperidine rings is 1. The number of sulfonamides is 1. The van der Waals surface area contributed by atoms with Crippen molar-refractivity contribution >= 4 is 15.9 Å². The minimum absolute atomic E-state index is 0.0986.